The highest BCUT2D eigenvalue weighted by Crippen LogP contribution is 2.22. The van der Waals surface area contributed by atoms with Crippen molar-refractivity contribution in [3.05, 3.63) is 50.4 Å². The van der Waals surface area contributed by atoms with Crippen LogP contribution in [0.5, 0.6) is 0 Å². The summed E-state index contributed by atoms with van der Waals surface area (Å²) >= 11 is 5.63. The summed E-state index contributed by atoms with van der Waals surface area (Å²) in [5, 5.41) is 10.4. The molecule has 0 saturated heterocycles. The van der Waals surface area contributed by atoms with Crippen LogP contribution in [0, 0.1) is 15.9 Å². The van der Waals surface area contributed by atoms with E-state index in [1.54, 1.807) is 0 Å². The van der Waals surface area contributed by atoms with Gasteiger partial charge in [0, 0.05) is 11.6 Å². The van der Waals surface area contributed by atoms with E-state index in [4.69, 9.17) is 11.6 Å². The second-order valence-electron chi connectivity index (χ2n) is 3.15. The molecule has 0 aliphatic carbocycles. The predicted octanol–water partition coefficient (Wildman–Crippen LogP) is 2.66. The van der Waals surface area contributed by atoms with Gasteiger partial charge in [-0.25, -0.2) is 9.18 Å². The lowest BCUT2D eigenvalue weighted by Crippen LogP contribution is -2.14. The number of carbonyl (C=O) groups is 1. The number of nitrogens with zero attached hydrogens (tertiary/aromatic N) is 1. The van der Waals surface area contributed by atoms with Crippen LogP contribution in [0.4, 0.5) is 4.39 Å². The molecule has 0 bridgehead atoms. The molecule has 0 atom stereocenters. The third-order valence-electron chi connectivity index (χ3n) is 1.95. The Morgan fingerprint density at radius 1 is 1.61 bits per heavy atom. The van der Waals surface area contributed by atoms with Gasteiger partial charge in [0.05, 0.1) is 16.6 Å². The first-order chi connectivity index (χ1) is 8.47. The van der Waals surface area contributed by atoms with Crippen LogP contribution in [-0.2, 0) is 9.53 Å². The number of carbonyl (C=O) groups excluding carboxylic acids is 1. The van der Waals surface area contributed by atoms with E-state index in [-0.39, 0.29) is 17.2 Å². The number of rotatable bonds is 4. The fourth-order valence-electron chi connectivity index (χ4n) is 1.17. The minimum Gasteiger partial charge on any atom is -0.458 e. The Hall–Kier alpha value is -1.95. The van der Waals surface area contributed by atoms with Crippen molar-refractivity contribution in [2.75, 3.05) is 6.61 Å². The number of ether oxygens (including phenoxy) is 1. The van der Waals surface area contributed by atoms with Crippen LogP contribution < -0.4 is 0 Å². The summed E-state index contributed by atoms with van der Waals surface area (Å²) in [7, 11) is 0. The third kappa shape index (κ3) is 3.27. The average Bonchev–Trinajstić information content (AvgIpc) is 2.30. The van der Waals surface area contributed by atoms with Crippen molar-refractivity contribution in [2.24, 2.45) is 0 Å². The topological polar surface area (TPSA) is 69.4 Å². The lowest BCUT2D eigenvalue weighted by atomic mass is 10.2. The number of hydrogen-bond donors (Lipinski definition) is 0. The van der Waals surface area contributed by atoms with Crippen LogP contribution in [0.3, 0.4) is 0 Å². The Labute approximate surface area is 107 Å². The number of nitro groups is 1. The van der Waals surface area contributed by atoms with Crippen molar-refractivity contribution in [3.63, 3.8) is 0 Å². The second kappa shape index (κ2) is 6.11. The SMILES string of the molecule is CCOC(=O)/C(=C/c1cccc(F)c1Cl)[N+](=O)[O-]. The number of benzene rings is 1. The largest absolute Gasteiger partial charge is 0.458 e. The van der Waals surface area contributed by atoms with E-state index in [0.717, 1.165) is 12.1 Å². The fraction of sp³-hybridized carbons (Fsp3) is 0.182. The lowest BCUT2D eigenvalue weighted by molar-refractivity contribution is -0.419. The van der Waals surface area contributed by atoms with E-state index in [1.165, 1.54) is 19.1 Å². The quantitative estimate of drug-likeness (QED) is 0.366. The molecule has 1 aromatic rings. The van der Waals surface area contributed by atoms with Crippen LogP contribution in [0.15, 0.2) is 23.9 Å². The van der Waals surface area contributed by atoms with Gasteiger partial charge in [0.1, 0.15) is 5.82 Å². The zero-order valence-corrected chi connectivity index (χ0v) is 10.1. The summed E-state index contributed by atoms with van der Waals surface area (Å²) in [6.45, 7) is 1.52. The molecule has 0 saturated carbocycles. The molecular weight excluding hydrogens is 265 g/mol. The summed E-state index contributed by atoms with van der Waals surface area (Å²) in [4.78, 5) is 21.1. The number of hydrogen-bond acceptors (Lipinski definition) is 4. The molecule has 0 unspecified atom stereocenters. The Morgan fingerprint density at radius 3 is 2.83 bits per heavy atom. The molecule has 0 radical (unpaired) electrons. The first-order valence-corrected chi connectivity index (χ1v) is 5.32. The van der Waals surface area contributed by atoms with Gasteiger partial charge in [-0.05, 0) is 13.0 Å². The Kier molecular flexibility index (Phi) is 4.79. The van der Waals surface area contributed by atoms with Crippen LogP contribution in [0.25, 0.3) is 6.08 Å². The van der Waals surface area contributed by atoms with Gasteiger partial charge >= 0.3 is 11.7 Å². The first kappa shape index (κ1) is 14.1. The molecule has 0 aliphatic rings. The summed E-state index contributed by atoms with van der Waals surface area (Å²) in [5.41, 5.74) is -0.763. The standard InChI is InChI=1S/C11H9ClFNO4/c1-2-18-11(15)9(14(16)17)6-7-4-3-5-8(13)10(7)12/h3-6H,2H2,1H3/b9-6-. The molecule has 0 spiro atoms. The smallest absolute Gasteiger partial charge is 0.409 e. The molecule has 18 heavy (non-hydrogen) atoms. The van der Waals surface area contributed by atoms with Crippen molar-refractivity contribution in [3.8, 4) is 0 Å². The van der Waals surface area contributed by atoms with Gasteiger partial charge in [0.2, 0.25) is 0 Å². The Bertz CT molecular complexity index is 516. The lowest BCUT2D eigenvalue weighted by Gasteiger charge is -2.01. The van der Waals surface area contributed by atoms with E-state index in [2.05, 4.69) is 4.74 Å². The molecule has 0 aromatic heterocycles. The van der Waals surface area contributed by atoms with E-state index < -0.39 is 22.4 Å². The van der Waals surface area contributed by atoms with E-state index in [1.807, 2.05) is 0 Å². The zero-order valence-electron chi connectivity index (χ0n) is 9.35. The summed E-state index contributed by atoms with van der Waals surface area (Å²) < 4.78 is 17.7. The van der Waals surface area contributed by atoms with Crippen LogP contribution >= 0.6 is 11.6 Å². The zero-order chi connectivity index (χ0) is 13.7. The maximum absolute atomic E-state index is 13.1. The maximum Gasteiger partial charge on any atom is 0.409 e. The van der Waals surface area contributed by atoms with Crippen LogP contribution in [-0.4, -0.2) is 17.5 Å². The Balaban J connectivity index is 3.21. The number of esters is 1. The second-order valence-corrected chi connectivity index (χ2v) is 3.53. The Morgan fingerprint density at radius 2 is 2.28 bits per heavy atom. The average molecular weight is 274 g/mol. The molecule has 96 valence electrons. The summed E-state index contributed by atoms with van der Waals surface area (Å²) in [5.74, 6) is -1.82. The molecular formula is C11H9ClFNO4. The molecule has 0 amide bonds. The summed E-state index contributed by atoms with van der Waals surface area (Å²) in [6.07, 6.45) is 0.878. The van der Waals surface area contributed by atoms with Gasteiger partial charge in [0.25, 0.3) is 0 Å². The van der Waals surface area contributed by atoms with E-state index in [0.29, 0.717) is 0 Å². The molecule has 0 N–H and O–H groups in total. The predicted molar refractivity (Wildman–Crippen MR) is 63.0 cm³/mol. The summed E-state index contributed by atoms with van der Waals surface area (Å²) in [6, 6.07) is 3.79. The minimum atomic E-state index is -1.09. The monoisotopic (exact) mass is 273 g/mol. The van der Waals surface area contributed by atoms with Gasteiger partial charge in [-0.15, -0.1) is 0 Å². The van der Waals surface area contributed by atoms with Gasteiger partial charge in [-0.1, -0.05) is 23.7 Å². The van der Waals surface area contributed by atoms with Crippen molar-refractivity contribution >= 4 is 23.6 Å². The van der Waals surface area contributed by atoms with E-state index >= 15 is 0 Å². The normalized spacial score (nSPS) is 11.2. The van der Waals surface area contributed by atoms with Crippen LogP contribution in [0.1, 0.15) is 12.5 Å². The number of halogens is 2. The third-order valence-corrected chi connectivity index (χ3v) is 2.35. The first-order valence-electron chi connectivity index (χ1n) is 4.94. The van der Waals surface area contributed by atoms with Crippen molar-refractivity contribution in [1.29, 1.82) is 0 Å². The minimum absolute atomic E-state index is 0.000889. The molecule has 0 heterocycles. The van der Waals surface area contributed by atoms with Crippen molar-refractivity contribution in [2.45, 2.75) is 6.92 Å². The highest BCUT2D eigenvalue weighted by atomic mass is 35.5. The molecule has 1 aromatic carbocycles. The van der Waals surface area contributed by atoms with E-state index in [9.17, 15) is 19.3 Å². The molecule has 1 rings (SSSR count). The highest BCUT2D eigenvalue weighted by Gasteiger charge is 2.24. The van der Waals surface area contributed by atoms with Gasteiger partial charge in [0.15, 0.2) is 0 Å². The maximum atomic E-state index is 13.1. The van der Waals surface area contributed by atoms with Crippen LogP contribution in [0.2, 0.25) is 5.02 Å². The molecule has 7 heteroatoms. The van der Waals surface area contributed by atoms with Crippen molar-refractivity contribution in [1.82, 2.24) is 0 Å². The van der Waals surface area contributed by atoms with Gasteiger partial charge in [-0.2, -0.15) is 0 Å². The van der Waals surface area contributed by atoms with Crippen molar-refractivity contribution < 1.29 is 18.8 Å². The van der Waals surface area contributed by atoms with Gasteiger partial charge < -0.3 is 4.74 Å². The van der Waals surface area contributed by atoms with Gasteiger partial charge in [-0.3, -0.25) is 10.1 Å². The molecule has 0 aliphatic heterocycles. The highest BCUT2D eigenvalue weighted by molar-refractivity contribution is 6.32. The molecule has 5 nitrogen and oxygen atoms in total. The fourth-order valence-corrected chi connectivity index (χ4v) is 1.35. The molecule has 0 fully saturated rings.